The number of fused-ring (bicyclic) bond motifs is 1. The van der Waals surface area contributed by atoms with Crippen molar-refractivity contribution in [2.45, 2.75) is 6.92 Å². The number of anilines is 1. The van der Waals surface area contributed by atoms with Gasteiger partial charge in [-0.3, -0.25) is 4.98 Å². The first-order valence-electron chi connectivity index (χ1n) is 6.21. The Morgan fingerprint density at radius 2 is 1.90 bits per heavy atom. The van der Waals surface area contributed by atoms with Gasteiger partial charge in [-0.1, -0.05) is 17.7 Å². The van der Waals surface area contributed by atoms with E-state index < -0.39 is 0 Å². The molecule has 0 amide bonds. The zero-order valence-corrected chi connectivity index (χ0v) is 11.7. The fourth-order valence-electron chi connectivity index (χ4n) is 2.08. The summed E-state index contributed by atoms with van der Waals surface area (Å²) in [6, 6.07) is 11.2. The summed E-state index contributed by atoms with van der Waals surface area (Å²) >= 11 is 6.16. The standard InChI is InChI=1S/C16H13ClN2O/c1-10-2-3-13(17)16(8-10)20-15-5-4-14(18)11-6-7-19-9-12(11)15/h2-9H,18H2,1H3. The number of rotatable bonds is 2. The molecular weight excluding hydrogens is 272 g/mol. The van der Waals surface area contributed by atoms with Gasteiger partial charge in [0.1, 0.15) is 11.5 Å². The van der Waals surface area contributed by atoms with E-state index in [0.29, 0.717) is 22.2 Å². The van der Waals surface area contributed by atoms with E-state index in [9.17, 15) is 0 Å². The highest BCUT2D eigenvalue weighted by molar-refractivity contribution is 6.32. The maximum atomic E-state index is 6.16. The number of nitrogens with zero attached hydrogens (tertiary/aromatic N) is 1. The number of aromatic nitrogens is 1. The molecule has 3 aromatic rings. The molecule has 0 aliphatic rings. The highest BCUT2D eigenvalue weighted by Gasteiger charge is 2.08. The van der Waals surface area contributed by atoms with E-state index in [-0.39, 0.29) is 0 Å². The first-order valence-corrected chi connectivity index (χ1v) is 6.59. The second-order valence-corrected chi connectivity index (χ2v) is 5.02. The number of nitrogen functional groups attached to an aromatic ring is 1. The lowest BCUT2D eigenvalue weighted by molar-refractivity contribution is 0.488. The summed E-state index contributed by atoms with van der Waals surface area (Å²) < 4.78 is 5.93. The van der Waals surface area contributed by atoms with Crippen LogP contribution in [0.3, 0.4) is 0 Å². The smallest absolute Gasteiger partial charge is 0.146 e. The van der Waals surface area contributed by atoms with E-state index >= 15 is 0 Å². The summed E-state index contributed by atoms with van der Waals surface area (Å²) in [4.78, 5) is 4.13. The number of pyridine rings is 1. The van der Waals surface area contributed by atoms with Crippen molar-refractivity contribution in [1.82, 2.24) is 4.98 Å². The van der Waals surface area contributed by atoms with Gasteiger partial charge in [0.2, 0.25) is 0 Å². The molecule has 3 rings (SSSR count). The van der Waals surface area contributed by atoms with Crippen molar-refractivity contribution < 1.29 is 4.74 Å². The third kappa shape index (κ3) is 2.28. The van der Waals surface area contributed by atoms with Crippen LogP contribution in [-0.4, -0.2) is 4.98 Å². The molecule has 0 unspecified atom stereocenters. The molecule has 2 aromatic carbocycles. The maximum absolute atomic E-state index is 6.16. The Bertz CT molecular complexity index is 787. The molecule has 0 saturated heterocycles. The molecule has 0 saturated carbocycles. The zero-order chi connectivity index (χ0) is 14.1. The van der Waals surface area contributed by atoms with Gasteiger partial charge in [-0.15, -0.1) is 0 Å². The third-order valence-electron chi connectivity index (χ3n) is 3.12. The van der Waals surface area contributed by atoms with Crippen molar-refractivity contribution in [3.8, 4) is 11.5 Å². The average molecular weight is 285 g/mol. The van der Waals surface area contributed by atoms with Gasteiger partial charge in [-0.05, 0) is 42.8 Å². The Hall–Kier alpha value is -2.26. The molecule has 0 radical (unpaired) electrons. The number of benzene rings is 2. The SMILES string of the molecule is Cc1ccc(Cl)c(Oc2ccc(N)c3ccncc23)c1. The molecule has 0 bridgehead atoms. The molecule has 4 heteroatoms. The van der Waals surface area contributed by atoms with Crippen LogP contribution in [0, 0.1) is 6.92 Å². The lowest BCUT2D eigenvalue weighted by Crippen LogP contribution is -1.92. The first kappa shape index (κ1) is 12.8. The van der Waals surface area contributed by atoms with E-state index in [1.54, 1.807) is 12.4 Å². The number of aryl methyl sites for hydroxylation is 1. The van der Waals surface area contributed by atoms with Gasteiger partial charge in [0.05, 0.1) is 5.02 Å². The van der Waals surface area contributed by atoms with Crippen LogP contribution in [0.4, 0.5) is 5.69 Å². The van der Waals surface area contributed by atoms with Crippen LogP contribution in [0.25, 0.3) is 10.8 Å². The molecular formula is C16H13ClN2O. The van der Waals surface area contributed by atoms with Gasteiger partial charge < -0.3 is 10.5 Å². The van der Waals surface area contributed by atoms with Gasteiger partial charge in [-0.25, -0.2) is 0 Å². The maximum Gasteiger partial charge on any atom is 0.146 e. The van der Waals surface area contributed by atoms with Crippen LogP contribution in [-0.2, 0) is 0 Å². The van der Waals surface area contributed by atoms with Crippen LogP contribution in [0.2, 0.25) is 5.02 Å². The summed E-state index contributed by atoms with van der Waals surface area (Å²) in [6.45, 7) is 1.99. The number of nitrogens with two attached hydrogens (primary N) is 1. The summed E-state index contributed by atoms with van der Waals surface area (Å²) in [5.74, 6) is 1.32. The Labute approximate surface area is 122 Å². The Morgan fingerprint density at radius 1 is 1.05 bits per heavy atom. The van der Waals surface area contributed by atoms with Gasteiger partial charge in [0.15, 0.2) is 0 Å². The van der Waals surface area contributed by atoms with E-state index in [4.69, 9.17) is 22.1 Å². The van der Waals surface area contributed by atoms with Crippen molar-refractivity contribution in [2.75, 3.05) is 5.73 Å². The first-order chi connectivity index (χ1) is 9.65. The zero-order valence-electron chi connectivity index (χ0n) is 10.9. The van der Waals surface area contributed by atoms with E-state index in [1.165, 1.54) is 0 Å². The topological polar surface area (TPSA) is 48.1 Å². The largest absolute Gasteiger partial charge is 0.455 e. The summed E-state index contributed by atoms with van der Waals surface area (Å²) in [7, 11) is 0. The number of halogens is 1. The predicted octanol–water partition coefficient (Wildman–Crippen LogP) is 4.57. The normalized spacial score (nSPS) is 10.7. The quantitative estimate of drug-likeness (QED) is 0.701. The van der Waals surface area contributed by atoms with Crippen LogP contribution in [0.1, 0.15) is 5.56 Å². The minimum absolute atomic E-state index is 0.574. The second kappa shape index (κ2) is 5.02. The van der Waals surface area contributed by atoms with Gasteiger partial charge in [-0.2, -0.15) is 0 Å². The minimum Gasteiger partial charge on any atom is -0.455 e. The van der Waals surface area contributed by atoms with Crippen molar-refractivity contribution >= 4 is 28.1 Å². The lowest BCUT2D eigenvalue weighted by atomic mass is 10.1. The van der Waals surface area contributed by atoms with Gasteiger partial charge in [0, 0.05) is 28.9 Å². The fraction of sp³-hybridized carbons (Fsp3) is 0.0625. The van der Waals surface area contributed by atoms with Gasteiger partial charge >= 0.3 is 0 Å². The Morgan fingerprint density at radius 3 is 2.75 bits per heavy atom. The molecule has 100 valence electrons. The number of hydrogen-bond acceptors (Lipinski definition) is 3. The highest BCUT2D eigenvalue weighted by Crippen LogP contribution is 2.35. The van der Waals surface area contributed by atoms with E-state index in [1.807, 2.05) is 43.3 Å². The predicted molar refractivity (Wildman–Crippen MR) is 82.4 cm³/mol. The Kier molecular flexibility index (Phi) is 3.20. The molecule has 2 N–H and O–H groups in total. The number of hydrogen-bond donors (Lipinski definition) is 1. The van der Waals surface area contributed by atoms with Gasteiger partial charge in [0.25, 0.3) is 0 Å². The molecule has 3 nitrogen and oxygen atoms in total. The van der Waals surface area contributed by atoms with Crippen molar-refractivity contribution in [3.05, 3.63) is 59.4 Å². The molecule has 0 atom stereocenters. The van der Waals surface area contributed by atoms with Crippen LogP contribution in [0.5, 0.6) is 11.5 Å². The summed E-state index contributed by atoms with van der Waals surface area (Å²) in [6.07, 6.45) is 3.45. The highest BCUT2D eigenvalue weighted by atomic mass is 35.5. The van der Waals surface area contributed by atoms with Crippen LogP contribution in [0.15, 0.2) is 48.8 Å². The van der Waals surface area contributed by atoms with E-state index in [0.717, 1.165) is 16.3 Å². The van der Waals surface area contributed by atoms with Crippen LogP contribution >= 0.6 is 11.6 Å². The van der Waals surface area contributed by atoms with Crippen molar-refractivity contribution in [2.24, 2.45) is 0 Å². The molecule has 0 aliphatic heterocycles. The lowest BCUT2D eigenvalue weighted by Gasteiger charge is -2.11. The van der Waals surface area contributed by atoms with Crippen molar-refractivity contribution in [3.63, 3.8) is 0 Å². The monoisotopic (exact) mass is 284 g/mol. The fourth-order valence-corrected chi connectivity index (χ4v) is 2.24. The molecule has 0 spiro atoms. The minimum atomic E-state index is 0.574. The Balaban J connectivity index is 2.11. The average Bonchev–Trinajstić information content (AvgIpc) is 2.46. The summed E-state index contributed by atoms with van der Waals surface area (Å²) in [5.41, 5.74) is 7.75. The summed E-state index contributed by atoms with van der Waals surface area (Å²) in [5, 5.41) is 2.36. The van der Waals surface area contributed by atoms with Crippen LogP contribution < -0.4 is 10.5 Å². The molecule has 1 aromatic heterocycles. The second-order valence-electron chi connectivity index (χ2n) is 4.61. The molecule has 1 heterocycles. The third-order valence-corrected chi connectivity index (χ3v) is 3.43. The molecule has 0 aliphatic carbocycles. The molecule has 0 fully saturated rings. The van der Waals surface area contributed by atoms with Crippen molar-refractivity contribution in [1.29, 1.82) is 0 Å². The van der Waals surface area contributed by atoms with E-state index in [2.05, 4.69) is 4.98 Å². The number of ether oxygens (including phenoxy) is 1. The molecule has 20 heavy (non-hydrogen) atoms.